The van der Waals surface area contributed by atoms with Crippen molar-refractivity contribution in [2.45, 2.75) is 0 Å². The molecule has 50 heavy (non-hydrogen) atoms. The highest BCUT2D eigenvalue weighted by Crippen LogP contribution is 2.43. The lowest BCUT2D eigenvalue weighted by Gasteiger charge is -2.12. The first-order valence-electron chi connectivity index (χ1n) is 16.6. The number of benzene rings is 7. The van der Waals surface area contributed by atoms with E-state index in [1.165, 1.54) is 20.3 Å². The molecule has 0 aliphatic carbocycles. The van der Waals surface area contributed by atoms with Gasteiger partial charge in [0.2, 0.25) is 0 Å². The van der Waals surface area contributed by atoms with Crippen molar-refractivity contribution in [3.63, 3.8) is 0 Å². The standard InChI is InChI=1S/C45H27N3OS/c1-3-12-28(13-4-1)30-22-24-31(25-23-30)43-46-44(35-18-11-20-38-41(35)33-16-7-9-19-37(33)49-38)48-45(47-43)36-26-32(29-14-5-2-6-15-29)27-40-42(36)34-17-8-10-21-39(34)50-40/h1-27H. The molecule has 0 saturated heterocycles. The summed E-state index contributed by atoms with van der Waals surface area (Å²) in [6, 6.07) is 56.8. The number of thiophene rings is 1. The Bertz CT molecular complexity index is 2860. The van der Waals surface area contributed by atoms with Crippen LogP contribution in [-0.4, -0.2) is 15.0 Å². The van der Waals surface area contributed by atoms with Crippen molar-refractivity contribution in [1.82, 2.24) is 15.0 Å². The van der Waals surface area contributed by atoms with E-state index in [1.54, 1.807) is 11.3 Å². The third-order valence-electron chi connectivity index (χ3n) is 9.36. The SMILES string of the molecule is c1ccc(-c2ccc(-c3nc(-c4cccc5oc6ccccc6c45)nc(-c4cc(-c5ccccc5)cc5sc6ccccc6c45)n3)cc2)cc1. The summed E-state index contributed by atoms with van der Waals surface area (Å²) in [7, 11) is 0. The molecule has 4 nitrogen and oxygen atoms in total. The third-order valence-corrected chi connectivity index (χ3v) is 10.5. The van der Waals surface area contributed by atoms with Gasteiger partial charge in [0.25, 0.3) is 0 Å². The van der Waals surface area contributed by atoms with Crippen molar-refractivity contribution in [3.05, 3.63) is 164 Å². The van der Waals surface area contributed by atoms with E-state index in [-0.39, 0.29) is 0 Å². The number of para-hydroxylation sites is 1. The Morgan fingerprint density at radius 2 is 0.940 bits per heavy atom. The lowest BCUT2D eigenvalue weighted by Crippen LogP contribution is -2.01. The number of aromatic nitrogens is 3. The fourth-order valence-electron chi connectivity index (χ4n) is 6.98. The van der Waals surface area contributed by atoms with Crippen LogP contribution in [0.5, 0.6) is 0 Å². The molecular formula is C45H27N3OS. The Balaban J connectivity index is 1.26. The first-order valence-corrected chi connectivity index (χ1v) is 17.4. The molecule has 0 atom stereocenters. The summed E-state index contributed by atoms with van der Waals surface area (Å²) in [5.41, 5.74) is 9.02. The molecule has 0 saturated carbocycles. The maximum absolute atomic E-state index is 6.29. The normalized spacial score (nSPS) is 11.6. The van der Waals surface area contributed by atoms with Gasteiger partial charge in [0.1, 0.15) is 11.2 Å². The molecule has 0 fully saturated rings. The Morgan fingerprint density at radius 3 is 1.72 bits per heavy atom. The molecule has 10 aromatic rings. The molecule has 0 radical (unpaired) electrons. The van der Waals surface area contributed by atoms with Gasteiger partial charge in [0.05, 0.1) is 0 Å². The van der Waals surface area contributed by atoms with Crippen molar-refractivity contribution in [3.8, 4) is 56.4 Å². The van der Waals surface area contributed by atoms with E-state index < -0.39 is 0 Å². The quantitative estimate of drug-likeness (QED) is 0.185. The lowest BCUT2D eigenvalue weighted by molar-refractivity contribution is 0.669. The van der Waals surface area contributed by atoms with E-state index in [4.69, 9.17) is 19.4 Å². The molecular weight excluding hydrogens is 631 g/mol. The smallest absolute Gasteiger partial charge is 0.164 e. The minimum absolute atomic E-state index is 0.604. The van der Waals surface area contributed by atoms with E-state index in [9.17, 15) is 0 Å². The largest absolute Gasteiger partial charge is 0.456 e. The maximum atomic E-state index is 6.29. The molecule has 3 aromatic heterocycles. The first kappa shape index (κ1) is 28.6. The van der Waals surface area contributed by atoms with Crippen LogP contribution in [0.25, 0.3) is 98.5 Å². The van der Waals surface area contributed by atoms with Gasteiger partial charge in [0.15, 0.2) is 17.5 Å². The number of rotatable bonds is 5. The Kier molecular flexibility index (Phi) is 6.64. The van der Waals surface area contributed by atoms with Crippen LogP contribution < -0.4 is 0 Å². The monoisotopic (exact) mass is 657 g/mol. The number of hydrogen-bond donors (Lipinski definition) is 0. The topological polar surface area (TPSA) is 51.8 Å². The van der Waals surface area contributed by atoms with Gasteiger partial charge in [-0.3, -0.25) is 0 Å². The first-order chi connectivity index (χ1) is 24.8. The Labute approximate surface area is 292 Å². The minimum atomic E-state index is 0.604. The molecule has 0 aliphatic heterocycles. The summed E-state index contributed by atoms with van der Waals surface area (Å²) in [6.07, 6.45) is 0. The van der Waals surface area contributed by atoms with Gasteiger partial charge in [-0.2, -0.15) is 0 Å². The van der Waals surface area contributed by atoms with Crippen LogP contribution in [0.2, 0.25) is 0 Å². The van der Waals surface area contributed by atoms with Crippen molar-refractivity contribution in [1.29, 1.82) is 0 Å². The Morgan fingerprint density at radius 1 is 0.360 bits per heavy atom. The average molecular weight is 658 g/mol. The Hall–Kier alpha value is -6.43. The second-order valence-corrected chi connectivity index (χ2v) is 13.5. The summed E-state index contributed by atoms with van der Waals surface area (Å²) < 4.78 is 8.72. The highest BCUT2D eigenvalue weighted by atomic mass is 32.1. The second-order valence-electron chi connectivity index (χ2n) is 12.4. The summed E-state index contributed by atoms with van der Waals surface area (Å²) in [4.78, 5) is 15.8. The van der Waals surface area contributed by atoms with Gasteiger partial charge >= 0.3 is 0 Å². The lowest BCUT2D eigenvalue weighted by atomic mass is 9.98. The summed E-state index contributed by atoms with van der Waals surface area (Å²) in [6.45, 7) is 0. The molecule has 5 heteroatoms. The van der Waals surface area contributed by atoms with E-state index in [0.717, 1.165) is 60.7 Å². The van der Waals surface area contributed by atoms with E-state index >= 15 is 0 Å². The van der Waals surface area contributed by atoms with Crippen LogP contribution in [0.4, 0.5) is 0 Å². The predicted octanol–water partition coefficient (Wildman–Crippen LogP) is 12.5. The van der Waals surface area contributed by atoms with Crippen LogP contribution >= 0.6 is 11.3 Å². The number of furan rings is 1. The summed E-state index contributed by atoms with van der Waals surface area (Å²) in [5, 5.41) is 4.38. The number of hydrogen-bond acceptors (Lipinski definition) is 5. The average Bonchev–Trinajstić information content (AvgIpc) is 3.77. The van der Waals surface area contributed by atoms with Crippen molar-refractivity contribution >= 4 is 53.4 Å². The third kappa shape index (κ3) is 4.79. The molecule has 3 heterocycles. The second kappa shape index (κ2) is 11.6. The van der Waals surface area contributed by atoms with Crippen molar-refractivity contribution in [2.24, 2.45) is 0 Å². The molecule has 0 spiro atoms. The van der Waals surface area contributed by atoms with Gasteiger partial charge in [-0.25, -0.2) is 15.0 Å². The van der Waals surface area contributed by atoms with Gasteiger partial charge in [-0.15, -0.1) is 11.3 Å². The molecule has 0 N–H and O–H groups in total. The molecule has 7 aromatic carbocycles. The van der Waals surface area contributed by atoms with Crippen molar-refractivity contribution < 1.29 is 4.42 Å². The highest BCUT2D eigenvalue weighted by molar-refractivity contribution is 7.26. The van der Waals surface area contributed by atoms with E-state index in [0.29, 0.717) is 17.5 Å². The zero-order valence-corrected chi connectivity index (χ0v) is 27.6. The molecule has 234 valence electrons. The highest BCUT2D eigenvalue weighted by Gasteiger charge is 2.21. The fourth-order valence-corrected chi connectivity index (χ4v) is 8.15. The predicted molar refractivity (Wildman–Crippen MR) is 207 cm³/mol. The van der Waals surface area contributed by atoms with Crippen LogP contribution in [0.1, 0.15) is 0 Å². The zero-order valence-electron chi connectivity index (χ0n) is 26.7. The zero-order chi connectivity index (χ0) is 33.0. The van der Waals surface area contributed by atoms with Gasteiger partial charge in [-0.05, 0) is 52.6 Å². The molecule has 0 unspecified atom stereocenters. The van der Waals surface area contributed by atoms with E-state index in [2.05, 4.69) is 127 Å². The summed E-state index contributed by atoms with van der Waals surface area (Å²) in [5.74, 6) is 1.85. The minimum Gasteiger partial charge on any atom is -0.456 e. The van der Waals surface area contributed by atoms with Crippen LogP contribution in [0.3, 0.4) is 0 Å². The van der Waals surface area contributed by atoms with Crippen LogP contribution in [-0.2, 0) is 0 Å². The van der Waals surface area contributed by atoms with Gasteiger partial charge in [0, 0.05) is 47.6 Å². The molecule has 0 amide bonds. The molecule has 0 aliphatic rings. The summed E-state index contributed by atoms with van der Waals surface area (Å²) >= 11 is 1.80. The van der Waals surface area contributed by atoms with Gasteiger partial charge < -0.3 is 4.42 Å². The van der Waals surface area contributed by atoms with Gasteiger partial charge in [-0.1, -0.05) is 133 Å². The fraction of sp³-hybridized carbons (Fsp3) is 0. The maximum Gasteiger partial charge on any atom is 0.164 e. The van der Waals surface area contributed by atoms with E-state index in [1.807, 2.05) is 36.4 Å². The van der Waals surface area contributed by atoms with Crippen LogP contribution in [0.15, 0.2) is 168 Å². The van der Waals surface area contributed by atoms with Crippen molar-refractivity contribution in [2.75, 3.05) is 0 Å². The number of fused-ring (bicyclic) bond motifs is 6. The molecule has 0 bridgehead atoms. The molecule has 10 rings (SSSR count). The number of nitrogens with zero attached hydrogens (tertiary/aromatic N) is 3. The van der Waals surface area contributed by atoms with Crippen LogP contribution in [0, 0.1) is 0 Å².